The minimum atomic E-state index is -3.82. The van der Waals surface area contributed by atoms with Crippen molar-refractivity contribution in [3.05, 3.63) is 51.1 Å². The van der Waals surface area contributed by atoms with E-state index in [4.69, 9.17) is 14.5 Å². The van der Waals surface area contributed by atoms with E-state index in [9.17, 15) is 17.6 Å². The SMILES string of the molecule is NS(=O)(=O)NCCNN1NOC=C1c1noc(=O)n1-c1ccc(F)c(Br)c1. The van der Waals surface area contributed by atoms with Crippen molar-refractivity contribution in [2.75, 3.05) is 13.1 Å². The van der Waals surface area contributed by atoms with Crippen molar-refractivity contribution < 1.29 is 22.2 Å². The third kappa shape index (κ3) is 4.52. The van der Waals surface area contributed by atoms with Crippen molar-refractivity contribution in [3.8, 4) is 5.69 Å². The number of hydrogen-bond acceptors (Lipinski definition) is 9. The summed E-state index contributed by atoms with van der Waals surface area (Å²) < 4.78 is 43.2. The van der Waals surface area contributed by atoms with Gasteiger partial charge in [-0.25, -0.2) is 34.2 Å². The fourth-order valence-corrected chi connectivity index (χ4v) is 2.88. The summed E-state index contributed by atoms with van der Waals surface area (Å²) >= 11 is 3.05. The lowest BCUT2D eigenvalue weighted by molar-refractivity contribution is 0.00962. The summed E-state index contributed by atoms with van der Waals surface area (Å²) in [6.07, 6.45) is 1.24. The molecule has 1 aromatic heterocycles. The number of halogens is 2. The van der Waals surface area contributed by atoms with Crippen LogP contribution in [0.2, 0.25) is 0 Å². The number of rotatable bonds is 7. The number of hydrazine groups is 2. The Morgan fingerprint density at radius 3 is 2.85 bits per heavy atom. The van der Waals surface area contributed by atoms with Crippen molar-refractivity contribution >= 4 is 31.8 Å². The maximum Gasteiger partial charge on any atom is 0.446 e. The molecule has 1 aliphatic rings. The summed E-state index contributed by atoms with van der Waals surface area (Å²) in [5.41, 5.74) is 5.80. The van der Waals surface area contributed by atoms with Gasteiger partial charge in [-0.05, 0) is 34.1 Å². The van der Waals surface area contributed by atoms with Crippen LogP contribution in [0.25, 0.3) is 11.4 Å². The van der Waals surface area contributed by atoms with E-state index in [0.29, 0.717) is 5.69 Å². The number of nitrogens with one attached hydrogen (secondary N) is 3. The molecule has 0 radical (unpaired) electrons. The minimum absolute atomic E-state index is 0.0131. The van der Waals surface area contributed by atoms with E-state index in [2.05, 4.69) is 36.8 Å². The number of nitrogens with zero attached hydrogens (tertiary/aromatic N) is 3. The van der Waals surface area contributed by atoms with Crippen LogP contribution >= 0.6 is 15.9 Å². The van der Waals surface area contributed by atoms with Gasteiger partial charge in [0.1, 0.15) is 12.1 Å². The Morgan fingerprint density at radius 2 is 2.15 bits per heavy atom. The van der Waals surface area contributed by atoms with Crippen molar-refractivity contribution in [3.63, 3.8) is 0 Å². The molecule has 3 rings (SSSR count). The fraction of sp³-hybridized carbons (Fsp3) is 0.167. The summed E-state index contributed by atoms with van der Waals surface area (Å²) in [5, 5.41) is 9.79. The quantitative estimate of drug-likeness (QED) is 0.379. The molecule has 0 saturated carbocycles. The molecule has 15 heteroatoms. The average molecular weight is 466 g/mol. The summed E-state index contributed by atoms with van der Waals surface area (Å²) in [6.45, 7) is 0.106. The maximum absolute atomic E-state index is 13.5. The van der Waals surface area contributed by atoms with Gasteiger partial charge in [0.15, 0.2) is 5.70 Å². The Labute approximate surface area is 159 Å². The van der Waals surface area contributed by atoms with E-state index in [-0.39, 0.29) is 29.1 Å². The molecule has 1 aromatic carbocycles. The highest BCUT2D eigenvalue weighted by Crippen LogP contribution is 2.23. The zero-order chi connectivity index (χ0) is 19.6. The van der Waals surface area contributed by atoms with Crippen molar-refractivity contribution in [2.24, 2.45) is 5.14 Å². The lowest BCUT2D eigenvalue weighted by atomic mass is 10.3. The lowest BCUT2D eigenvalue weighted by Crippen LogP contribution is -2.46. The molecule has 0 amide bonds. The highest BCUT2D eigenvalue weighted by atomic mass is 79.9. The van der Waals surface area contributed by atoms with Crippen LogP contribution in [0.1, 0.15) is 5.82 Å². The zero-order valence-electron chi connectivity index (χ0n) is 13.3. The normalized spacial score (nSPS) is 14.3. The van der Waals surface area contributed by atoms with Gasteiger partial charge < -0.3 is 4.84 Å². The van der Waals surface area contributed by atoms with Crippen molar-refractivity contribution in [1.29, 1.82) is 0 Å². The molecule has 27 heavy (non-hydrogen) atoms. The molecule has 1 aliphatic heterocycles. The van der Waals surface area contributed by atoms with Gasteiger partial charge in [-0.1, -0.05) is 10.7 Å². The van der Waals surface area contributed by atoms with E-state index in [1.807, 2.05) is 0 Å². The average Bonchev–Trinajstić information content (AvgIpc) is 3.19. The van der Waals surface area contributed by atoms with Gasteiger partial charge in [0.05, 0.1) is 10.2 Å². The van der Waals surface area contributed by atoms with Crippen LogP contribution in [0, 0.1) is 5.82 Å². The summed E-state index contributed by atoms with van der Waals surface area (Å²) in [5.74, 6) is -1.25. The number of aromatic nitrogens is 2. The van der Waals surface area contributed by atoms with Crippen LogP contribution < -0.4 is 26.6 Å². The first kappa shape index (κ1) is 19.5. The monoisotopic (exact) mass is 465 g/mol. The molecule has 2 aromatic rings. The lowest BCUT2D eigenvalue weighted by Gasteiger charge is -2.19. The molecular weight excluding hydrogens is 453 g/mol. The van der Waals surface area contributed by atoms with Gasteiger partial charge in [0, 0.05) is 13.1 Å². The number of nitrogens with two attached hydrogens (primary N) is 1. The highest BCUT2D eigenvalue weighted by molar-refractivity contribution is 9.10. The number of benzene rings is 1. The molecule has 0 spiro atoms. The summed E-state index contributed by atoms with van der Waals surface area (Å²) in [7, 11) is -3.82. The third-order valence-electron chi connectivity index (χ3n) is 3.25. The Bertz CT molecular complexity index is 1040. The second-order valence-electron chi connectivity index (χ2n) is 5.10. The van der Waals surface area contributed by atoms with Crippen LogP contribution in [0.5, 0.6) is 0 Å². The van der Waals surface area contributed by atoms with Crippen LogP contribution in [0.15, 0.2) is 38.3 Å². The minimum Gasteiger partial charge on any atom is -0.393 e. The van der Waals surface area contributed by atoms with Gasteiger partial charge in [-0.2, -0.15) is 8.42 Å². The fourth-order valence-electron chi connectivity index (χ4n) is 2.13. The molecule has 5 N–H and O–H groups in total. The Morgan fingerprint density at radius 1 is 1.37 bits per heavy atom. The van der Waals surface area contributed by atoms with E-state index in [1.165, 1.54) is 29.6 Å². The van der Waals surface area contributed by atoms with Gasteiger partial charge in [0.2, 0.25) is 5.82 Å². The first-order valence-electron chi connectivity index (χ1n) is 7.23. The van der Waals surface area contributed by atoms with E-state index in [0.717, 1.165) is 4.57 Å². The van der Waals surface area contributed by atoms with Gasteiger partial charge in [0.25, 0.3) is 10.2 Å². The Hall–Kier alpha value is -2.30. The largest absolute Gasteiger partial charge is 0.446 e. The molecule has 0 bridgehead atoms. The molecule has 2 heterocycles. The number of hydrogen-bond donors (Lipinski definition) is 4. The van der Waals surface area contributed by atoms with Gasteiger partial charge >= 0.3 is 5.76 Å². The predicted molar refractivity (Wildman–Crippen MR) is 92.9 cm³/mol. The Balaban J connectivity index is 1.82. The van der Waals surface area contributed by atoms with Crippen molar-refractivity contribution in [2.45, 2.75) is 0 Å². The van der Waals surface area contributed by atoms with E-state index < -0.39 is 21.8 Å². The van der Waals surface area contributed by atoms with Gasteiger partial charge in [-0.3, -0.25) is 4.52 Å². The Kier molecular flexibility index (Phi) is 5.59. The first-order chi connectivity index (χ1) is 12.8. The smallest absolute Gasteiger partial charge is 0.393 e. The van der Waals surface area contributed by atoms with E-state index >= 15 is 0 Å². The highest BCUT2D eigenvalue weighted by Gasteiger charge is 2.26. The van der Waals surface area contributed by atoms with Crippen molar-refractivity contribution in [1.82, 2.24) is 30.6 Å². The standard InChI is InChI=1S/C12H13BrFN7O5S/c13-8-5-7(1-2-9(8)14)20-11(18-26-12(20)22)10-6-25-19-21(10)16-3-4-17-27(15,23)24/h1-2,5-6,16-17,19H,3-4H2,(H2,15,23,24). The topological polar surface area (TPSA) is 157 Å². The molecule has 0 saturated heterocycles. The summed E-state index contributed by atoms with van der Waals surface area (Å²) in [4.78, 5) is 17.1. The van der Waals surface area contributed by atoms with Crippen LogP contribution in [-0.2, 0) is 15.0 Å². The third-order valence-corrected chi connectivity index (χ3v) is 4.46. The maximum atomic E-state index is 13.5. The van der Waals surface area contributed by atoms with Crippen LogP contribution in [0.4, 0.5) is 4.39 Å². The molecule has 0 fully saturated rings. The molecule has 146 valence electrons. The zero-order valence-corrected chi connectivity index (χ0v) is 15.8. The second kappa shape index (κ2) is 7.75. The van der Waals surface area contributed by atoms with Crippen LogP contribution in [-0.4, -0.2) is 36.3 Å². The van der Waals surface area contributed by atoms with Crippen LogP contribution in [0.3, 0.4) is 0 Å². The molecule has 0 atom stereocenters. The first-order valence-corrected chi connectivity index (χ1v) is 9.57. The molecule has 0 aliphatic carbocycles. The molecular formula is C12H13BrFN7O5S. The van der Waals surface area contributed by atoms with Gasteiger partial charge in [-0.15, -0.1) is 0 Å². The second-order valence-corrected chi connectivity index (χ2v) is 7.33. The summed E-state index contributed by atoms with van der Waals surface area (Å²) in [6, 6.07) is 3.93. The van der Waals surface area contributed by atoms with E-state index in [1.54, 1.807) is 0 Å². The predicted octanol–water partition coefficient (Wildman–Crippen LogP) is -0.925. The molecule has 0 unspecified atom stereocenters. The molecule has 12 nitrogen and oxygen atoms in total.